The number of aliphatic hydroxyl groups is 1. The number of nitro groups is 1. The fourth-order valence-corrected chi connectivity index (χ4v) is 4.02. The molecule has 2 aromatic carbocycles. The van der Waals surface area contributed by atoms with Gasteiger partial charge >= 0.3 is 6.09 Å². The number of likely N-dealkylation sites (tertiary alicyclic amines) is 1. The molecular weight excluding hydrogens is 447 g/mol. The van der Waals surface area contributed by atoms with E-state index < -0.39 is 35.0 Å². The number of carbonyl (C=O) groups excluding carboxylic acids is 1. The first-order valence-corrected chi connectivity index (χ1v) is 9.84. The molecule has 9 heteroatoms. The van der Waals surface area contributed by atoms with E-state index in [2.05, 4.69) is 15.9 Å². The number of hydrogen-bond donors (Lipinski definition) is 1. The molecule has 0 radical (unpaired) electrons. The lowest BCUT2D eigenvalue weighted by Gasteiger charge is -2.30. The number of hydrogen-bond acceptors (Lipinski definition) is 5. The predicted octanol–water partition coefficient (Wildman–Crippen LogP) is 3.55. The summed E-state index contributed by atoms with van der Waals surface area (Å²) in [4.78, 5) is 25.2. The molecule has 2 aromatic rings. The van der Waals surface area contributed by atoms with Crippen LogP contribution in [0.1, 0.15) is 17.5 Å². The van der Waals surface area contributed by atoms with Crippen LogP contribution >= 0.6 is 15.9 Å². The second kappa shape index (κ2) is 8.87. The van der Waals surface area contributed by atoms with Crippen molar-refractivity contribution in [1.82, 2.24) is 4.90 Å². The molecule has 154 valence electrons. The van der Waals surface area contributed by atoms with Crippen molar-refractivity contribution < 1.29 is 24.0 Å². The Morgan fingerprint density at radius 3 is 2.69 bits per heavy atom. The molecular formula is C20H20BrFN2O5. The molecule has 0 aliphatic carbocycles. The maximum Gasteiger partial charge on any atom is 0.410 e. The van der Waals surface area contributed by atoms with Crippen molar-refractivity contribution in [2.75, 3.05) is 13.2 Å². The number of carbonyl (C=O) groups is 1. The Hall–Kier alpha value is -2.52. The highest BCUT2D eigenvalue weighted by Crippen LogP contribution is 2.35. The number of benzene rings is 2. The Morgan fingerprint density at radius 2 is 2.03 bits per heavy atom. The minimum Gasteiger partial charge on any atom is -0.445 e. The SMILES string of the molecule is O=C(OCc1ccccc1)N1CC[C@](CO)([N+](=O)[O-])[C@@H]1Cc1cccc(Br)c1F. The van der Waals surface area contributed by atoms with Crippen molar-refractivity contribution in [3.8, 4) is 0 Å². The molecule has 1 N–H and O–H groups in total. The summed E-state index contributed by atoms with van der Waals surface area (Å²) in [6.07, 6.45) is -0.892. The van der Waals surface area contributed by atoms with Gasteiger partial charge in [0.2, 0.25) is 0 Å². The minimum atomic E-state index is -1.78. The van der Waals surface area contributed by atoms with Gasteiger partial charge in [-0.15, -0.1) is 0 Å². The molecule has 0 saturated carbocycles. The maximum atomic E-state index is 14.5. The Labute approximate surface area is 175 Å². The van der Waals surface area contributed by atoms with Crippen LogP contribution in [0.5, 0.6) is 0 Å². The van der Waals surface area contributed by atoms with Gasteiger partial charge in [0.1, 0.15) is 25.1 Å². The molecule has 7 nitrogen and oxygen atoms in total. The lowest BCUT2D eigenvalue weighted by molar-refractivity contribution is -0.576. The smallest absolute Gasteiger partial charge is 0.410 e. The topological polar surface area (TPSA) is 92.9 Å². The summed E-state index contributed by atoms with van der Waals surface area (Å²) in [6.45, 7) is -0.711. The van der Waals surface area contributed by atoms with Gasteiger partial charge in [-0.1, -0.05) is 42.5 Å². The molecule has 1 saturated heterocycles. The van der Waals surface area contributed by atoms with Crippen LogP contribution in [-0.2, 0) is 17.8 Å². The first-order chi connectivity index (χ1) is 13.9. The molecule has 1 aliphatic heterocycles. The zero-order valence-electron chi connectivity index (χ0n) is 15.5. The van der Waals surface area contributed by atoms with E-state index in [-0.39, 0.29) is 36.0 Å². The van der Waals surface area contributed by atoms with Crippen molar-refractivity contribution in [2.24, 2.45) is 0 Å². The zero-order valence-corrected chi connectivity index (χ0v) is 17.0. The molecule has 1 aliphatic rings. The molecule has 0 aromatic heterocycles. The van der Waals surface area contributed by atoms with Crippen LogP contribution in [0, 0.1) is 15.9 Å². The highest BCUT2D eigenvalue weighted by Gasteiger charge is 2.59. The van der Waals surface area contributed by atoms with Gasteiger partial charge in [0.05, 0.1) is 4.47 Å². The number of halogens is 2. The summed E-state index contributed by atoms with van der Waals surface area (Å²) in [5, 5.41) is 21.7. The van der Waals surface area contributed by atoms with Crippen molar-refractivity contribution in [2.45, 2.75) is 31.0 Å². The second-order valence-corrected chi connectivity index (χ2v) is 7.79. The highest BCUT2D eigenvalue weighted by atomic mass is 79.9. The molecule has 1 amide bonds. The van der Waals surface area contributed by atoms with Crippen LogP contribution in [0.15, 0.2) is 53.0 Å². The molecule has 0 bridgehead atoms. The first kappa shape index (κ1) is 21.2. The second-order valence-electron chi connectivity index (χ2n) is 6.94. The van der Waals surface area contributed by atoms with Gasteiger partial charge in [-0.25, -0.2) is 9.18 Å². The third kappa shape index (κ3) is 4.25. The quantitative estimate of drug-likeness (QED) is 0.518. The number of nitrogens with zero attached hydrogens (tertiary/aromatic N) is 2. The molecule has 0 unspecified atom stereocenters. The first-order valence-electron chi connectivity index (χ1n) is 9.04. The summed E-state index contributed by atoms with van der Waals surface area (Å²) in [5.74, 6) is -0.549. The summed E-state index contributed by atoms with van der Waals surface area (Å²) in [6, 6.07) is 12.6. The van der Waals surface area contributed by atoms with E-state index in [1.54, 1.807) is 30.3 Å². The normalized spacial score (nSPS) is 21.2. The summed E-state index contributed by atoms with van der Waals surface area (Å²) < 4.78 is 20.1. The Kier molecular flexibility index (Phi) is 6.49. The van der Waals surface area contributed by atoms with Gasteiger partial charge in [-0.05, 0) is 33.1 Å². The fraction of sp³-hybridized carbons (Fsp3) is 0.350. The van der Waals surface area contributed by atoms with Crippen LogP contribution < -0.4 is 0 Å². The van der Waals surface area contributed by atoms with Gasteiger partial charge in [-0.2, -0.15) is 0 Å². The summed E-state index contributed by atoms with van der Waals surface area (Å²) in [7, 11) is 0. The van der Waals surface area contributed by atoms with E-state index in [9.17, 15) is 24.4 Å². The average molecular weight is 467 g/mol. The lowest BCUT2D eigenvalue weighted by Crippen LogP contribution is -2.55. The van der Waals surface area contributed by atoms with Crippen molar-refractivity contribution in [3.05, 3.63) is 80.1 Å². The highest BCUT2D eigenvalue weighted by molar-refractivity contribution is 9.10. The van der Waals surface area contributed by atoms with Gasteiger partial charge in [0.25, 0.3) is 5.54 Å². The molecule has 29 heavy (non-hydrogen) atoms. The zero-order chi connectivity index (χ0) is 21.0. The molecule has 1 heterocycles. The van der Waals surface area contributed by atoms with Crippen molar-refractivity contribution in [3.63, 3.8) is 0 Å². The standard InChI is InChI=1S/C20H20BrFN2O5/c21-16-8-4-7-15(18(16)22)11-17-20(13-25,24(27)28)9-10-23(17)19(26)29-12-14-5-2-1-3-6-14/h1-8,17,25H,9-13H2/t17-,20+/m0/s1. The number of ether oxygens (including phenoxy) is 1. The van der Waals surface area contributed by atoms with Gasteiger partial charge in [-0.3, -0.25) is 15.0 Å². The third-order valence-electron chi connectivity index (χ3n) is 5.30. The van der Waals surface area contributed by atoms with E-state index >= 15 is 0 Å². The third-order valence-corrected chi connectivity index (χ3v) is 5.92. The Balaban J connectivity index is 1.85. The summed E-state index contributed by atoms with van der Waals surface area (Å²) in [5.41, 5.74) is -0.787. The van der Waals surface area contributed by atoms with Gasteiger partial charge in [0, 0.05) is 24.3 Å². The average Bonchev–Trinajstić information content (AvgIpc) is 3.10. The van der Waals surface area contributed by atoms with E-state index in [0.29, 0.717) is 0 Å². The maximum absolute atomic E-state index is 14.5. The molecule has 2 atom stereocenters. The molecule has 1 fully saturated rings. The molecule has 0 spiro atoms. The number of rotatable bonds is 6. The van der Waals surface area contributed by atoms with Crippen LogP contribution in [0.2, 0.25) is 0 Å². The molecule has 3 rings (SSSR count). The van der Waals surface area contributed by atoms with Crippen LogP contribution in [0.25, 0.3) is 0 Å². The van der Waals surface area contributed by atoms with Crippen LogP contribution in [-0.4, -0.2) is 45.8 Å². The van der Waals surface area contributed by atoms with E-state index in [1.165, 1.54) is 17.0 Å². The van der Waals surface area contributed by atoms with E-state index in [0.717, 1.165) is 5.56 Å². The minimum absolute atomic E-state index is 0.0126. The van der Waals surface area contributed by atoms with Gasteiger partial charge < -0.3 is 9.84 Å². The van der Waals surface area contributed by atoms with Gasteiger partial charge in [0.15, 0.2) is 0 Å². The summed E-state index contributed by atoms with van der Waals surface area (Å²) >= 11 is 3.10. The largest absolute Gasteiger partial charge is 0.445 e. The van der Waals surface area contributed by atoms with E-state index in [1.807, 2.05) is 6.07 Å². The van der Waals surface area contributed by atoms with Crippen LogP contribution in [0.4, 0.5) is 9.18 Å². The monoisotopic (exact) mass is 466 g/mol. The van der Waals surface area contributed by atoms with Crippen molar-refractivity contribution >= 4 is 22.0 Å². The van der Waals surface area contributed by atoms with Crippen molar-refractivity contribution in [1.29, 1.82) is 0 Å². The van der Waals surface area contributed by atoms with E-state index in [4.69, 9.17) is 4.74 Å². The fourth-order valence-electron chi connectivity index (χ4n) is 3.62. The Morgan fingerprint density at radius 1 is 1.31 bits per heavy atom. The number of amides is 1. The predicted molar refractivity (Wildman–Crippen MR) is 106 cm³/mol. The Bertz CT molecular complexity index is 898. The van der Waals surface area contributed by atoms with Crippen LogP contribution in [0.3, 0.4) is 0 Å². The lowest BCUT2D eigenvalue weighted by atomic mass is 9.87. The number of aliphatic hydroxyl groups excluding tert-OH is 1.